The third-order valence-corrected chi connectivity index (χ3v) is 4.80. The molecule has 0 saturated heterocycles. The predicted octanol–water partition coefficient (Wildman–Crippen LogP) is 4.27. The number of nitrogens with one attached hydrogen (secondary N) is 1. The number of halogens is 2. The van der Waals surface area contributed by atoms with E-state index in [-0.39, 0.29) is 5.91 Å². The molecule has 1 amide bonds. The number of anilines is 1. The zero-order chi connectivity index (χ0) is 14.5. The van der Waals surface area contributed by atoms with Crippen LogP contribution in [-0.4, -0.2) is 21.9 Å². The fourth-order valence-electron chi connectivity index (χ4n) is 1.37. The Hall–Kier alpha value is -0.820. The summed E-state index contributed by atoms with van der Waals surface area (Å²) in [6.45, 7) is 1.90. The van der Waals surface area contributed by atoms with Gasteiger partial charge in [0.2, 0.25) is 5.91 Å². The second-order valence-electron chi connectivity index (χ2n) is 3.86. The Balaban J connectivity index is 1.82. The lowest BCUT2D eigenvalue weighted by Crippen LogP contribution is -2.12. The topological polar surface area (TPSA) is 54.9 Å². The van der Waals surface area contributed by atoms with Gasteiger partial charge in [-0.1, -0.05) is 46.3 Å². The minimum absolute atomic E-state index is 0.108. The van der Waals surface area contributed by atoms with Gasteiger partial charge >= 0.3 is 0 Å². The molecule has 0 spiro atoms. The van der Waals surface area contributed by atoms with Gasteiger partial charge in [0.05, 0.1) is 10.7 Å². The highest BCUT2D eigenvalue weighted by Crippen LogP contribution is 2.26. The molecule has 4 nitrogen and oxygen atoms in total. The standard InChI is InChI=1S/C12H11Cl2N3OS2/c1-7-16-17-12(20-7)19-5-4-11(18)15-10-6-8(13)2-3-9(10)14/h2-3,6H,4-5H2,1H3,(H,15,18). The van der Waals surface area contributed by atoms with Crippen LogP contribution in [0.3, 0.4) is 0 Å². The number of carbonyl (C=O) groups excluding carboxylic acids is 1. The van der Waals surface area contributed by atoms with Crippen molar-refractivity contribution in [3.8, 4) is 0 Å². The van der Waals surface area contributed by atoms with E-state index in [9.17, 15) is 4.79 Å². The summed E-state index contributed by atoms with van der Waals surface area (Å²) in [6, 6.07) is 4.95. The molecule has 0 saturated carbocycles. The fourth-order valence-corrected chi connectivity index (χ4v) is 3.53. The van der Waals surface area contributed by atoms with E-state index in [1.54, 1.807) is 18.2 Å². The highest BCUT2D eigenvalue weighted by atomic mass is 35.5. The summed E-state index contributed by atoms with van der Waals surface area (Å²) in [5.41, 5.74) is 0.529. The van der Waals surface area contributed by atoms with Crippen molar-refractivity contribution in [2.24, 2.45) is 0 Å². The number of hydrogen-bond acceptors (Lipinski definition) is 5. The molecule has 0 aliphatic rings. The number of aromatic nitrogens is 2. The quantitative estimate of drug-likeness (QED) is 0.820. The van der Waals surface area contributed by atoms with Gasteiger partial charge in [0.25, 0.3) is 0 Å². The van der Waals surface area contributed by atoms with Gasteiger partial charge in [0.1, 0.15) is 5.01 Å². The summed E-state index contributed by atoms with van der Waals surface area (Å²) in [4.78, 5) is 11.8. The summed E-state index contributed by atoms with van der Waals surface area (Å²) in [7, 11) is 0. The van der Waals surface area contributed by atoms with Crippen LogP contribution in [0.2, 0.25) is 10.0 Å². The molecule has 20 heavy (non-hydrogen) atoms. The van der Waals surface area contributed by atoms with Crippen molar-refractivity contribution in [3.63, 3.8) is 0 Å². The third kappa shape index (κ3) is 4.63. The Labute approximate surface area is 134 Å². The van der Waals surface area contributed by atoms with Crippen molar-refractivity contribution < 1.29 is 4.79 Å². The van der Waals surface area contributed by atoms with Crippen LogP contribution in [0.15, 0.2) is 22.5 Å². The first-order valence-corrected chi connectivity index (χ1v) is 8.28. The molecule has 0 aliphatic carbocycles. The molecule has 2 aromatic rings. The number of carbonyl (C=O) groups is 1. The summed E-state index contributed by atoms with van der Waals surface area (Å²) >= 11 is 14.9. The normalized spacial score (nSPS) is 10.6. The van der Waals surface area contributed by atoms with Gasteiger partial charge in [-0.15, -0.1) is 10.2 Å². The van der Waals surface area contributed by atoms with Crippen molar-refractivity contribution in [2.45, 2.75) is 17.7 Å². The maximum Gasteiger partial charge on any atom is 0.225 e. The minimum atomic E-state index is -0.108. The van der Waals surface area contributed by atoms with Crippen LogP contribution in [0, 0.1) is 6.92 Å². The summed E-state index contributed by atoms with van der Waals surface area (Å²) in [6.07, 6.45) is 0.367. The van der Waals surface area contributed by atoms with Gasteiger partial charge in [-0.2, -0.15) is 0 Å². The Morgan fingerprint density at radius 2 is 2.20 bits per heavy atom. The van der Waals surface area contributed by atoms with Crippen LogP contribution in [0.4, 0.5) is 5.69 Å². The third-order valence-electron chi connectivity index (χ3n) is 2.26. The predicted molar refractivity (Wildman–Crippen MR) is 85.1 cm³/mol. The Bertz CT molecular complexity index is 618. The minimum Gasteiger partial charge on any atom is -0.325 e. The zero-order valence-corrected chi connectivity index (χ0v) is 13.7. The van der Waals surface area contributed by atoms with Gasteiger partial charge in [0.15, 0.2) is 4.34 Å². The van der Waals surface area contributed by atoms with E-state index in [1.807, 2.05) is 6.92 Å². The molecule has 0 fully saturated rings. The number of nitrogens with zero attached hydrogens (tertiary/aromatic N) is 2. The van der Waals surface area contributed by atoms with Crippen LogP contribution in [0.1, 0.15) is 11.4 Å². The fraction of sp³-hybridized carbons (Fsp3) is 0.250. The molecule has 0 unspecified atom stereocenters. The Morgan fingerprint density at radius 1 is 1.40 bits per heavy atom. The average molecular weight is 348 g/mol. The van der Waals surface area contributed by atoms with Crippen molar-refractivity contribution >= 4 is 57.9 Å². The van der Waals surface area contributed by atoms with Crippen LogP contribution < -0.4 is 5.32 Å². The van der Waals surface area contributed by atoms with E-state index in [1.165, 1.54) is 23.1 Å². The van der Waals surface area contributed by atoms with Gasteiger partial charge in [-0.3, -0.25) is 4.79 Å². The number of rotatable bonds is 5. The summed E-state index contributed by atoms with van der Waals surface area (Å²) in [5, 5.41) is 12.6. The second-order valence-corrected chi connectivity index (χ2v) is 7.23. The molecule has 8 heteroatoms. The molecule has 1 N–H and O–H groups in total. The Morgan fingerprint density at radius 3 is 2.90 bits per heavy atom. The van der Waals surface area contributed by atoms with Crippen molar-refractivity contribution in [1.82, 2.24) is 10.2 Å². The van der Waals surface area contributed by atoms with Crippen molar-refractivity contribution in [3.05, 3.63) is 33.3 Å². The number of amides is 1. The van der Waals surface area contributed by atoms with E-state index >= 15 is 0 Å². The first kappa shape index (κ1) is 15.6. The molecule has 0 bridgehead atoms. The first-order valence-electron chi connectivity index (χ1n) is 5.72. The van der Waals surface area contributed by atoms with Gasteiger partial charge in [-0.25, -0.2) is 0 Å². The van der Waals surface area contributed by atoms with Crippen molar-refractivity contribution in [1.29, 1.82) is 0 Å². The molecular weight excluding hydrogens is 337 g/mol. The van der Waals surface area contributed by atoms with Crippen molar-refractivity contribution in [2.75, 3.05) is 11.1 Å². The first-order chi connectivity index (χ1) is 9.54. The van der Waals surface area contributed by atoms with E-state index in [4.69, 9.17) is 23.2 Å². The summed E-state index contributed by atoms with van der Waals surface area (Å²) < 4.78 is 0.871. The van der Waals surface area contributed by atoms with E-state index < -0.39 is 0 Å². The monoisotopic (exact) mass is 347 g/mol. The molecule has 1 heterocycles. The molecule has 1 aromatic carbocycles. The maximum atomic E-state index is 11.8. The summed E-state index contributed by atoms with van der Waals surface area (Å²) in [5.74, 6) is 0.529. The number of thioether (sulfide) groups is 1. The van der Waals surface area contributed by atoms with Crippen LogP contribution in [0.5, 0.6) is 0 Å². The number of aryl methyl sites for hydroxylation is 1. The van der Waals surface area contributed by atoms with Crippen LogP contribution in [0.25, 0.3) is 0 Å². The smallest absolute Gasteiger partial charge is 0.225 e. The highest BCUT2D eigenvalue weighted by molar-refractivity contribution is 8.01. The molecule has 0 radical (unpaired) electrons. The van der Waals surface area contributed by atoms with E-state index in [2.05, 4.69) is 15.5 Å². The van der Waals surface area contributed by atoms with E-state index in [0.717, 1.165) is 9.35 Å². The average Bonchev–Trinajstić information content (AvgIpc) is 2.80. The van der Waals surface area contributed by atoms with E-state index in [0.29, 0.717) is 27.9 Å². The molecule has 0 atom stereocenters. The van der Waals surface area contributed by atoms with Crippen LogP contribution in [-0.2, 0) is 4.79 Å². The largest absolute Gasteiger partial charge is 0.325 e. The number of benzene rings is 1. The van der Waals surface area contributed by atoms with Gasteiger partial charge < -0.3 is 5.32 Å². The molecule has 2 rings (SSSR count). The zero-order valence-electron chi connectivity index (χ0n) is 10.5. The molecule has 1 aromatic heterocycles. The lowest BCUT2D eigenvalue weighted by molar-refractivity contribution is -0.115. The Kier molecular flexibility index (Phi) is 5.65. The van der Waals surface area contributed by atoms with Crippen LogP contribution >= 0.6 is 46.3 Å². The molecule has 106 valence electrons. The maximum absolute atomic E-state index is 11.8. The molecule has 0 aliphatic heterocycles. The molecular formula is C12H11Cl2N3OS2. The lowest BCUT2D eigenvalue weighted by atomic mass is 10.3. The lowest BCUT2D eigenvalue weighted by Gasteiger charge is -2.07. The number of hydrogen-bond donors (Lipinski definition) is 1. The van der Waals surface area contributed by atoms with Gasteiger partial charge in [-0.05, 0) is 25.1 Å². The highest BCUT2D eigenvalue weighted by Gasteiger charge is 2.08. The SMILES string of the molecule is Cc1nnc(SCCC(=O)Nc2cc(Cl)ccc2Cl)s1. The second kappa shape index (κ2) is 7.26. The van der Waals surface area contributed by atoms with Gasteiger partial charge in [0, 0.05) is 17.2 Å².